The van der Waals surface area contributed by atoms with Crippen molar-refractivity contribution in [1.82, 2.24) is 14.9 Å². The molecule has 5 rings (SSSR count). The molecular weight excluding hydrogens is 416 g/mol. The van der Waals surface area contributed by atoms with Gasteiger partial charge in [-0.05, 0) is 37.8 Å². The first-order valence-corrected chi connectivity index (χ1v) is 11.8. The Morgan fingerprint density at radius 2 is 1.80 bits per heavy atom. The molecule has 1 amide bonds. The third-order valence-corrected chi connectivity index (χ3v) is 7.71. The number of aryl methyl sites for hydroxylation is 2. The minimum absolute atomic E-state index is 0.0171. The number of rotatable bonds is 4. The van der Waals surface area contributed by atoms with Gasteiger partial charge in [0.05, 0.1) is 5.39 Å². The summed E-state index contributed by atoms with van der Waals surface area (Å²) in [6.07, 6.45) is 2.38. The number of nitrogens with zero attached hydrogens (tertiary/aromatic N) is 4. The molecule has 2 aromatic heterocycles. The molecule has 1 saturated carbocycles. The molecule has 1 saturated heterocycles. The van der Waals surface area contributed by atoms with Crippen molar-refractivity contribution in [3.05, 3.63) is 52.2 Å². The smallest absolute Gasteiger partial charge is 0.245 e. The van der Waals surface area contributed by atoms with Gasteiger partial charge in [0.1, 0.15) is 21.8 Å². The Kier molecular flexibility index (Phi) is 5.15. The summed E-state index contributed by atoms with van der Waals surface area (Å²) in [6, 6.07) is 9.58. The summed E-state index contributed by atoms with van der Waals surface area (Å²) in [5.41, 5.74) is 2.12. The number of carbonyl (C=O) groups is 1. The molecule has 7 heteroatoms. The lowest BCUT2D eigenvalue weighted by molar-refractivity contribution is -0.131. The van der Waals surface area contributed by atoms with Crippen LogP contribution in [0.2, 0.25) is 0 Å². The molecule has 0 N–H and O–H groups in total. The predicted octanol–water partition coefficient (Wildman–Crippen LogP) is 4.81. The highest BCUT2D eigenvalue weighted by Gasteiger charge is 2.32. The summed E-state index contributed by atoms with van der Waals surface area (Å²) in [5.74, 6) is 2.53. The van der Waals surface area contributed by atoms with Crippen LogP contribution >= 0.6 is 22.9 Å². The zero-order valence-corrected chi connectivity index (χ0v) is 18.8. The molecule has 5 nitrogen and oxygen atoms in total. The van der Waals surface area contributed by atoms with Gasteiger partial charge in [-0.1, -0.05) is 30.3 Å². The third kappa shape index (κ3) is 3.56. The Morgan fingerprint density at radius 3 is 2.47 bits per heavy atom. The molecule has 3 aromatic rings. The van der Waals surface area contributed by atoms with Crippen LogP contribution in [0.15, 0.2) is 30.3 Å². The Labute approximate surface area is 185 Å². The van der Waals surface area contributed by atoms with Crippen molar-refractivity contribution in [2.45, 2.75) is 38.0 Å². The molecule has 0 radical (unpaired) electrons. The molecule has 3 heterocycles. The number of piperazine rings is 1. The molecular formula is C23H25ClN4OS. The van der Waals surface area contributed by atoms with E-state index < -0.39 is 5.38 Å². The van der Waals surface area contributed by atoms with Crippen molar-refractivity contribution in [2.24, 2.45) is 0 Å². The Balaban J connectivity index is 1.37. The van der Waals surface area contributed by atoms with Gasteiger partial charge in [-0.2, -0.15) is 0 Å². The highest BCUT2D eigenvalue weighted by molar-refractivity contribution is 7.18. The van der Waals surface area contributed by atoms with Crippen LogP contribution in [0.4, 0.5) is 5.82 Å². The number of fused-ring (bicyclic) bond motifs is 1. The number of halogens is 1. The normalized spacial score (nSPS) is 18.1. The molecule has 1 aliphatic heterocycles. The second kappa shape index (κ2) is 7.82. The number of carbonyl (C=O) groups excluding carboxylic acids is 1. The highest BCUT2D eigenvalue weighted by Crippen LogP contribution is 2.42. The average molecular weight is 441 g/mol. The van der Waals surface area contributed by atoms with E-state index in [2.05, 4.69) is 18.7 Å². The standard InChI is InChI=1S/C23H25ClN4OS/c1-14-15(2)30-22-18(14)21(25-20(26-22)17-8-9-17)27-10-12-28(13-11-27)23(29)19(24)16-6-4-3-5-7-16/h3-7,17,19H,8-13H2,1-2H3/t19-/m0/s1. The number of benzene rings is 1. The topological polar surface area (TPSA) is 49.3 Å². The van der Waals surface area contributed by atoms with E-state index in [1.54, 1.807) is 11.3 Å². The Morgan fingerprint density at radius 1 is 1.10 bits per heavy atom. The summed E-state index contributed by atoms with van der Waals surface area (Å²) in [6.45, 7) is 7.14. The van der Waals surface area contributed by atoms with Crippen molar-refractivity contribution >= 4 is 44.9 Å². The predicted molar refractivity (Wildman–Crippen MR) is 123 cm³/mol. The maximum absolute atomic E-state index is 12.9. The van der Waals surface area contributed by atoms with Crippen LogP contribution in [0.5, 0.6) is 0 Å². The molecule has 0 unspecified atom stereocenters. The van der Waals surface area contributed by atoms with Crippen molar-refractivity contribution in [3.8, 4) is 0 Å². The minimum atomic E-state index is -0.633. The largest absolute Gasteiger partial charge is 0.352 e. The van der Waals surface area contributed by atoms with E-state index in [0.717, 1.165) is 35.1 Å². The quantitative estimate of drug-likeness (QED) is 0.546. The van der Waals surface area contributed by atoms with Gasteiger partial charge < -0.3 is 9.80 Å². The fourth-order valence-corrected chi connectivity index (χ4v) is 5.38. The van der Waals surface area contributed by atoms with Crippen LogP contribution in [-0.2, 0) is 4.79 Å². The van der Waals surface area contributed by atoms with Gasteiger partial charge in [0.15, 0.2) is 0 Å². The van der Waals surface area contributed by atoms with Gasteiger partial charge in [-0.25, -0.2) is 9.97 Å². The maximum Gasteiger partial charge on any atom is 0.245 e. The molecule has 0 spiro atoms. The molecule has 1 aliphatic carbocycles. The van der Waals surface area contributed by atoms with Crippen LogP contribution in [0.25, 0.3) is 10.2 Å². The lowest BCUT2D eigenvalue weighted by atomic mass is 10.1. The van der Waals surface area contributed by atoms with E-state index in [1.807, 2.05) is 35.2 Å². The SMILES string of the molecule is Cc1sc2nc(C3CC3)nc(N3CCN(C(=O)[C@@H](Cl)c4ccccc4)CC3)c2c1C. The van der Waals surface area contributed by atoms with E-state index in [-0.39, 0.29) is 5.91 Å². The first-order valence-electron chi connectivity index (χ1n) is 10.5. The summed E-state index contributed by atoms with van der Waals surface area (Å²) in [4.78, 5) is 29.4. The molecule has 2 aliphatic rings. The molecule has 2 fully saturated rings. The van der Waals surface area contributed by atoms with E-state index in [1.165, 1.54) is 28.7 Å². The maximum atomic E-state index is 12.9. The van der Waals surface area contributed by atoms with Crippen LogP contribution in [0.3, 0.4) is 0 Å². The van der Waals surface area contributed by atoms with Crippen LogP contribution < -0.4 is 4.90 Å². The van der Waals surface area contributed by atoms with Gasteiger partial charge >= 0.3 is 0 Å². The van der Waals surface area contributed by atoms with E-state index >= 15 is 0 Å². The fourth-order valence-electron chi connectivity index (χ4n) is 4.06. The number of thiophene rings is 1. The average Bonchev–Trinajstić information content (AvgIpc) is 3.59. The van der Waals surface area contributed by atoms with E-state index in [0.29, 0.717) is 19.0 Å². The van der Waals surface area contributed by atoms with E-state index in [9.17, 15) is 4.79 Å². The fraction of sp³-hybridized carbons (Fsp3) is 0.435. The second-order valence-corrected chi connectivity index (χ2v) is 9.87. The summed E-state index contributed by atoms with van der Waals surface area (Å²) in [7, 11) is 0. The van der Waals surface area contributed by atoms with Crippen molar-refractivity contribution in [3.63, 3.8) is 0 Å². The van der Waals surface area contributed by atoms with Crippen LogP contribution in [0.1, 0.15) is 46.0 Å². The number of amides is 1. The molecule has 156 valence electrons. The first kappa shape index (κ1) is 19.8. The number of aromatic nitrogens is 2. The van der Waals surface area contributed by atoms with Gasteiger partial charge in [-0.15, -0.1) is 22.9 Å². The highest BCUT2D eigenvalue weighted by atomic mass is 35.5. The number of anilines is 1. The molecule has 30 heavy (non-hydrogen) atoms. The number of hydrogen-bond acceptors (Lipinski definition) is 5. The lowest BCUT2D eigenvalue weighted by Crippen LogP contribution is -2.50. The van der Waals surface area contributed by atoms with Crippen LogP contribution in [-0.4, -0.2) is 47.0 Å². The Hall–Kier alpha value is -2.18. The Bertz CT molecular complexity index is 1090. The molecule has 1 aromatic carbocycles. The monoisotopic (exact) mass is 440 g/mol. The van der Waals surface area contributed by atoms with Gasteiger partial charge in [0, 0.05) is 37.0 Å². The van der Waals surface area contributed by atoms with Gasteiger partial charge in [-0.3, -0.25) is 4.79 Å². The van der Waals surface area contributed by atoms with Crippen LogP contribution in [0, 0.1) is 13.8 Å². The zero-order valence-electron chi connectivity index (χ0n) is 17.3. The van der Waals surface area contributed by atoms with Crippen molar-refractivity contribution < 1.29 is 4.79 Å². The van der Waals surface area contributed by atoms with Crippen molar-refractivity contribution in [1.29, 1.82) is 0 Å². The molecule has 1 atom stereocenters. The summed E-state index contributed by atoms with van der Waals surface area (Å²) >= 11 is 8.25. The zero-order chi connectivity index (χ0) is 20.8. The number of hydrogen-bond donors (Lipinski definition) is 0. The lowest BCUT2D eigenvalue weighted by Gasteiger charge is -2.36. The van der Waals surface area contributed by atoms with E-state index in [4.69, 9.17) is 21.6 Å². The summed E-state index contributed by atoms with van der Waals surface area (Å²) < 4.78 is 0. The summed E-state index contributed by atoms with van der Waals surface area (Å²) in [5, 5.41) is 0.549. The third-order valence-electron chi connectivity index (χ3n) is 6.17. The number of alkyl halides is 1. The van der Waals surface area contributed by atoms with Gasteiger partial charge in [0.2, 0.25) is 5.91 Å². The second-order valence-electron chi connectivity index (χ2n) is 8.23. The van der Waals surface area contributed by atoms with Crippen molar-refractivity contribution in [2.75, 3.05) is 31.1 Å². The molecule has 0 bridgehead atoms. The minimum Gasteiger partial charge on any atom is -0.352 e. The van der Waals surface area contributed by atoms with Gasteiger partial charge in [0.25, 0.3) is 0 Å². The first-order chi connectivity index (χ1) is 14.5.